The summed E-state index contributed by atoms with van der Waals surface area (Å²) < 4.78 is 5.15. The summed E-state index contributed by atoms with van der Waals surface area (Å²) in [5.74, 6) is 0.834. The van der Waals surface area contributed by atoms with Gasteiger partial charge in [-0.2, -0.15) is 0 Å². The second-order valence-electron chi connectivity index (χ2n) is 4.03. The number of ether oxygens (including phenoxy) is 1. The van der Waals surface area contributed by atoms with E-state index in [1.165, 1.54) is 5.56 Å². The molecule has 0 bridgehead atoms. The van der Waals surface area contributed by atoms with Crippen LogP contribution >= 0.6 is 11.8 Å². The number of aliphatic hydroxyl groups excluding tert-OH is 1. The Labute approximate surface area is 122 Å². The molecule has 0 spiro atoms. The van der Waals surface area contributed by atoms with Gasteiger partial charge < -0.3 is 9.84 Å². The van der Waals surface area contributed by atoms with Gasteiger partial charge in [0.15, 0.2) is 0 Å². The number of hydrogen-bond acceptors (Lipinski definition) is 5. The third-order valence-electron chi connectivity index (χ3n) is 2.57. The number of nitrogens with one attached hydrogen (secondary N) is 1. The second kappa shape index (κ2) is 7.67. The van der Waals surface area contributed by atoms with Crippen LogP contribution in [-0.2, 0) is 10.5 Å². The molecular weight excluding hydrogens is 272 g/mol. The Morgan fingerprint density at radius 1 is 1.20 bits per heavy atom. The van der Waals surface area contributed by atoms with Crippen LogP contribution in [0.15, 0.2) is 53.7 Å². The Bertz CT molecular complexity index is 561. The first-order chi connectivity index (χ1) is 9.81. The smallest absolute Gasteiger partial charge is 0.216 e. The highest BCUT2D eigenvalue weighted by Gasteiger charge is 2.10. The molecule has 1 heterocycles. The van der Waals surface area contributed by atoms with Crippen LogP contribution in [-0.4, -0.2) is 29.2 Å². The maximum Gasteiger partial charge on any atom is 0.216 e. The first-order valence-electron chi connectivity index (χ1n) is 6.25. The fourth-order valence-corrected chi connectivity index (χ4v) is 2.58. The fraction of sp³-hybridized carbons (Fsp3) is 0.200. The maximum absolute atomic E-state index is 8.74. The molecule has 0 saturated carbocycles. The van der Waals surface area contributed by atoms with Crippen molar-refractivity contribution in [2.45, 2.75) is 10.8 Å². The molecule has 1 aromatic heterocycles. The number of aliphatic hydroxyl groups is 1. The number of nitrogens with zero attached hydrogens (tertiary/aromatic N) is 1. The molecular formula is C15H16N2O2S. The summed E-state index contributed by atoms with van der Waals surface area (Å²) in [5.41, 5.74) is 1.86. The zero-order valence-electron chi connectivity index (χ0n) is 11.0. The molecule has 104 valence electrons. The molecule has 0 saturated heterocycles. The van der Waals surface area contributed by atoms with Crippen molar-refractivity contribution in [3.63, 3.8) is 0 Å². The van der Waals surface area contributed by atoms with Crippen molar-refractivity contribution in [2.75, 3.05) is 13.2 Å². The highest BCUT2D eigenvalue weighted by Crippen LogP contribution is 2.24. The van der Waals surface area contributed by atoms with Gasteiger partial charge in [-0.15, -0.1) is 11.8 Å². The number of thioether (sulfide) groups is 1. The Kier molecular flexibility index (Phi) is 5.58. The number of hydrogen-bond donors (Lipinski definition) is 2. The van der Waals surface area contributed by atoms with Gasteiger partial charge >= 0.3 is 0 Å². The minimum Gasteiger partial charge on any atom is -0.475 e. The largest absolute Gasteiger partial charge is 0.475 e. The van der Waals surface area contributed by atoms with Crippen molar-refractivity contribution >= 4 is 17.7 Å². The van der Waals surface area contributed by atoms with E-state index in [-0.39, 0.29) is 19.1 Å². The van der Waals surface area contributed by atoms with E-state index in [9.17, 15) is 0 Å². The summed E-state index contributed by atoms with van der Waals surface area (Å²) in [4.78, 5) is 4.30. The molecule has 2 N–H and O–H groups in total. The van der Waals surface area contributed by atoms with E-state index in [4.69, 9.17) is 15.3 Å². The van der Waals surface area contributed by atoms with Crippen LogP contribution in [0.3, 0.4) is 0 Å². The quantitative estimate of drug-likeness (QED) is 0.487. The zero-order valence-corrected chi connectivity index (χ0v) is 11.8. The molecule has 0 fully saturated rings. The van der Waals surface area contributed by atoms with Crippen LogP contribution in [0.5, 0.6) is 0 Å². The van der Waals surface area contributed by atoms with Crippen LogP contribution in [0.4, 0.5) is 0 Å². The lowest BCUT2D eigenvalue weighted by atomic mass is 10.2. The molecule has 5 heteroatoms. The van der Waals surface area contributed by atoms with Crippen molar-refractivity contribution in [1.82, 2.24) is 4.98 Å². The van der Waals surface area contributed by atoms with Crippen LogP contribution in [0.1, 0.15) is 11.1 Å². The van der Waals surface area contributed by atoms with Crippen molar-refractivity contribution in [1.29, 1.82) is 5.41 Å². The van der Waals surface area contributed by atoms with E-state index in [0.717, 1.165) is 10.8 Å². The summed E-state index contributed by atoms with van der Waals surface area (Å²) in [6, 6.07) is 13.7. The van der Waals surface area contributed by atoms with E-state index in [2.05, 4.69) is 17.1 Å². The van der Waals surface area contributed by atoms with E-state index in [0.29, 0.717) is 5.56 Å². The molecule has 4 nitrogen and oxygen atoms in total. The lowest BCUT2D eigenvalue weighted by molar-refractivity contribution is 0.193. The molecule has 0 aliphatic rings. The molecule has 20 heavy (non-hydrogen) atoms. The van der Waals surface area contributed by atoms with E-state index < -0.39 is 0 Å². The summed E-state index contributed by atoms with van der Waals surface area (Å²) in [5, 5.41) is 17.4. The van der Waals surface area contributed by atoms with Crippen LogP contribution < -0.4 is 0 Å². The van der Waals surface area contributed by atoms with E-state index >= 15 is 0 Å². The molecule has 1 aromatic carbocycles. The lowest BCUT2D eigenvalue weighted by Crippen LogP contribution is -2.10. The maximum atomic E-state index is 8.74. The van der Waals surface area contributed by atoms with Gasteiger partial charge in [0.2, 0.25) is 5.90 Å². The van der Waals surface area contributed by atoms with Crippen molar-refractivity contribution < 1.29 is 9.84 Å². The van der Waals surface area contributed by atoms with Gasteiger partial charge in [-0.1, -0.05) is 30.3 Å². The molecule has 2 aromatic rings. The van der Waals surface area contributed by atoms with E-state index in [1.54, 1.807) is 30.1 Å². The van der Waals surface area contributed by atoms with Gasteiger partial charge in [0.1, 0.15) is 11.6 Å². The highest BCUT2D eigenvalue weighted by molar-refractivity contribution is 7.98. The van der Waals surface area contributed by atoms with E-state index in [1.807, 2.05) is 18.2 Å². The second-order valence-corrected chi connectivity index (χ2v) is 5.00. The third kappa shape index (κ3) is 4.08. The van der Waals surface area contributed by atoms with Crippen molar-refractivity contribution in [3.8, 4) is 0 Å². The Morgan fingerprint density at radius 3 is 2.75 bits per heavy atom. The monoisotopic (exact) mass is 288 g/mol. The molecule has 0 unspecified atom stereocenters. The molecule has 0 aliphatic heterocycles. The molecule has 0 aliphatic carbocycles. The summed E-state index contributed by atoms with van der Waals surface area (Å²) in [6.07, 6.45) is 1.70. The van der Waals surface area contributed by atoms with Crippen molar-refractivity contribution in [2.24, 2.45) is 0 Å². The topological polar surface area (TPSA) is 66.2 Å². The molecule has 0 atom stereocenters. The standard InChI is InChI=1S/C15H16N2O2S/c16-14(19-10-9-18)13-7-4-8-17-15(13)20-11-12-5-2-1-3-6-12/h1-8,16,18H,9-11H2. The SMILES string of the molecule is N=C(OCCO)c1cccnc1SCc1ccccc1. The van der Waals surface area contributed by atoms with Gasteiger partial charge in [-0.25, -0.2) is 4.98 Å². The predicted octanol–water partition coefficient (Wildman–Crippen LogP) is 2.71. The van der Waals surface area contributed by atoms with Crippen LogP contribution in [0.2, 0.25) is 0 Å². The Morgan fingerprint density at radius 2 is 2.00 bits per heavy atom. The van der Waals surface area contributed by atoms with Gasteiger partial charge in [0, 0.05) is 11.9 Å². The zero-order chi connectivity index (χ0) is 14.2. The predicted molar refractivity (Wildman–Crippen MR) is 80.1 cm³/mol. The van der Waals surface area contributed by atoms with Crippen LogP contribution in [0, 0.1) is 5.41 Å². The number of rotatable bonds is 6. The molecule has 2 rings (SSSR count). The van der Waals surface area contributed by atoms with Crippen molar-refractivity contribution in [3.05, 3.63) is 59.8 Å². The average Bonchev–Trinajstić information content (AvgIpc) is 2.52. The first-order valence-corrected chi connectivity index (χ1v) is 7.24. The summed E-state index contributed by atoms with van der Waals surface area (Å²) in [7, 11) is 0. The van der Waals surface area contributed by atoms with Crippen LogP contribution in [0.25, 0.3) is 0 Å². The molecule has 0 amide bonds. The van der Waals surface area contributed by atoms with Gasteiger partial charge in [0.05, 0.1) is 12.2 Å². The Balaban J connectivity index is 2.06. The fourth-order valence-electron chi connectivity index (χ4n) is 1.63. The summed E-state index contributed by atoms with van der Waals surface area (Å²) >= 11 is 1.57. The minimum atomic E-state index is -0.102. The molecule has 0 radical (unpaired) electrons. The van der Waals surface area contributed by atoms with Gasteiger partial charge in [-0.3, -0.25) is 5.41 Å². The summed E-state index contributed by atoms with van der Waals surface area (Å²) in [6.45, 7) is 0.0195. The number of pyridine rings is 1. The number of benzene rings is 1. The lowest BCUT2D eigenvalue weighted by Gasteiger charge is -2.10. The van der Waals surface area contributed by atoms with Gasteiger partial charge in [0.25, 0.3) is 0 Å². The normalized spacial score (nSPS) is 10.2. The third-order valence-corrected chi connectivity index (χ3v) is 3.65. The number of aromatic nitrogens is 1. The first kappa shape index (κ1) is 14.6. The Hall–Kier alpha value is -1.85. The highest BCUT2D eigenvalue weighted by atomic mass is 32.2. The minimum absolute atomic E-state index is 0.0442. The average molecular weight is 288 g/mol. The van der Waals surface area contributed by atoms with Gasteiger partial charge in [-0.05, 0) is 17.7 Å².